The number of fused-ring (bicyclic) bond motifs is 6. The molecule has 1 heterocycles. The Bertz CT molecular complexity index is 2840. The lowest BCUT2D eigenvalue weighted by Gasteiger charge is -2.21. The molecule has 0 radical (unpaired) electrons. The van der Waals surface area contributed by atoms with E-state index in [4.69, 9.17) is 9.97 Å². The molecule has 10 rings (SSSR count). The lowest BCUT2D eigenvalue weighted by Crippen LogP contribution is -2.14. The maximum atomic E-state index is 5.34. The Labute approximate surface area is 297 Å². The predicted molar refractivity (Wildman–Crippen MR) is 214 cm³/mol. The predicted octanol–water partition coefficient (Wildman–Crippen LogP) is 12.9. The second-order valence-corrected chi connectivity index (χ2v) is 14.2. The summed E-state index contributed by atoms with van der Waals surface area (Å²) in [5.41, 5.74) is 12.8. The first kappa shape index (κ1) is 29.5. The molecule has 0 aliphatic heterocycles. The number of benzene rings is 8. The minimum atomic E-state index is -0.0223. The van der Waals surface area contributed by atoms with Crippen LogP contribution >= 0.6 is 0 Å². The van der Waals surface area contributed by atoms with Gasteiger partial charge in [-0.1, -0.05) is 159 Å². The Morgan fingerprint density at radius 2 is 0.961 bits per heavy atom. The second-order valence-electron chi connectivity index (χ2n) is 14.2. The minimum absolute atomic E-state index is 0.0223. The van der Waals surface area contributed by atoms with Crippen molar-refractivity contribution in [3.8, 4) is 56.2 Å². The van der Waals surface area contributed by atoms with Gasteiger partial charge in [-0.3, -0.25) is 0 Å². The van der Waals surface area contributed by atoms with Gasteiger partial charge in [0.1, 0.15) is 0 Å². The van der Waals surface area contributed by atoms with E-state index in [1.165, 1.54) is 60.3 Å². The summed E-state index contributed by atoms with van der Waals surface area (Å²) in [4.78, 5) is 10.7. The Morgan fingerprint density at radius 1 is 0.353 bits per heavy atom. The van der Waals surface area contributed by atoms with Crippen molar-refractivity contribution in [3.63, 3.8) is 0 Å². The van der Waals surface area contributed by atoms with E-state index in [2.05, 4.69) is 184 Å². The monoisotopic (exact) mass is 650 g/mol. The van der Waals surface area contributed by atoms with Crippen molar-refractivity contribution in [1.29, 1.82) is 0 Å². The lowest BCUT2D eigenvalue weighted by atomic mass is 9.82. The molecule has 0 saturated carbocycles. The van der Waals surface area contributed by atoms with Crippen molar-refractivity contribution in [2.75, 3.05) is 0 Å². The lowest BCUT2D eigenvalue weighted by molar-refractivity contribution is 0.660. The molecule has 0 N–H and O–H groups in total. The third kappa shape index (κ3) is 4.71. The van der Waals surface area contributed by atoms with Crippen molar-refractivity contribution in [2.24, 2.45) is 0 Å². The van der Waals surface area contributed by atoms with Gasteiger partial charge in [0.05, 0.1) is 11.4 Å². The zero-order valence-electron chi connectivity index (χ0n) is 28.6. The van der Waals surface area contributed by atoms with Crippen LogP contribution in [-0.2, 0) is 5.41 Å². The molecule has 0 fully saturated rings. The summed E-state index contributed by atoms with van der Waals surface area (Å²) in [6.45, 7) is 4.67. The van der Waals surface area contributed by atoms with Crippen LogP contribution in [0.1, 0.15) is 25.0 Å². The first-order valence-electron chi connectivity index (χ1n) is 17.7. The number of aromatic nitrogens is 2. The van der Waals surface area contributed by atoms with Crippen molar-refractivity contribution < 1.29 is 0 Å². The van der Waals surface area contributed by atoms with Crippen LogP contribution in [0.4, 0.5) is 0 Å². The minimum Gasteiger partial charge on any atom is -0.228 e. The largest absolute Gasteiger partial charge is 0.228 e. The van der Waals surface area contributed by atoms with Crippen molar-refractivity contribution in [2.45, 2.75) is 19.3 Å². The van der Waals surface area contributed by atoms with E-state index in [0.717, 1.165) is 39.3 Å². The van der Waals surface area contributed by atoms with Crippen molar-refractivity contribution in [1.82, 2.24) is 9.97 Å². The van der Waals surface area contributed by atoms with E-state index in [-0.39, 0.29) is 5.41 Å². The van der Waals surface area contributed by atoms with E-state index in [1.54, 1.807) is 0 Å². The van der Waals surface area contributed by atoms with E-state index in [1.807, 2.05) is 0 Å². The zero-order valence-corrected chi connectivity index (χ0v) is 28.6. The zero-order chi connectivity index (χ0) is 34.1. The Balaban J connectivity index is 1.18. The van der Waals surface area contributed by atoms with Crippen LogP contribution in [0.2, 0.25) is 0 Å². The van der Waals surface area contributed by atoms with Crippen molar-refractivity contribution in [3.05, 3.63) is 181 Å². The van der Waals surface area contributed by atoms with Gasteiger partial charge in [-0.25, -0.2) is 9.97 Å². The van der Waals surface area contributed by atoms with E-state index >= 15 is 0 Å². The third-order valence-electron chi connectivity index (χ3n) is 10.9. The van der Waals surface area contributed by atoms with E-state index in [0.29, 0.717) is 0 Å². The second kappa shape index (κ2) is 11.3. The SMILES string of the molecule is CC1(C)c2ccccc2-c2cc(-c3ccc(-c4nc(-c5ccc6ccccc6c5)cc(-c5cccc6ccccc56)n4)c4ccccc34)ccc21. The average molecular weight is 651 g/mol. The fourth-order valence-corrected chi connectivity index (χ4v) is 8.28. The summed E-state index contributed by atoms with van der Waals surface area (Å²) in [5, 5.41) is 7.10. The van der Waals surface area contributed by atoms with Crippen LogP contribution in [0.5, 0.6) is 0 Å². The molecule has 2 heteroatoms. The van der Waals surface area contributed by atoms with Gasteiger partial charge in [-0.2, -0.15) is 0 Å². The Kier molecular flexibility index (Phi) is 6.56. The molecule has 0 spiro atoms. The van der Waals surface area contributed by atoms with Crippen LogP contribution in [0.3, 0.4) is 0 Å². The fourth-order valence-electron chi connectivity index (χ4n) is 8.28. The molecule has 240 valence electrons. The average Bonchev–Trinajstić information content (AvgIpc) is 3.42. The highest BCUT2D eigenvalue weighted by Gasteiger charge is 2.35. The molecular weight excluding hydrogens is 617 g/mol. The van der Waals surface area contributed by atoms with Gasteiger partial charge in [-0.05, 0) is 90.0 Å². The van der Waals surface area contributed by atoms with Gasteiger partial charge in [0.15, 0.2) is 5.82 Å². The number of nitrogens with zero attached hydrogens (tertiary/aromatic N) is 2. The van der Waals surface area contributed by atoms with Gasteiger partial charge in [0.2, 0.25) is 0 Å². The van der Waals surface area contributed by atoms with Gasteiger partial charge in [-0.15, -0.1) is 0 Å². The number of hydrogen-bond donors (Lipinski definition) is 0. The van der Waals surface area contributed by atoms with E-state index in [9.17, 15) is 0 Å². The molecule has 2 nitrogen and oxygen atoms in total. The molecular formula is C49H34N2. The maximum absolute atomic E-state index is 5.34. The van der Waals surface area contributed by atoms with Crippen LogP contribution in [0.25, 0.3) is 88.5 Å². The fraction of sp³-hybridized carbons (Fsp3) is 0.0612. The molecule has 1 aliphatic carbocycles. The Morgan fingerprint density at radius 3 is 1.82 bits per heavy atom. The highest BCUT2D eigenvalue weighted by atomic mass is 14.9. The third-order valence-corrected chi connectivity index (χ3v) is 10.9. The molecule has 8 aromatic carbocycles. The molecule has 0 bridgehead atoms. The summed E-state index contributed by atoms with van der Waals surface area (Å²) < 4.78 is 0. The van der Waals surface area contributed by atoms with Gasteiger partial charge in [0.25, 0.3) is 0 Å². The van der Waals surface area contributed by atoms with Crippen LogP contribution in [0.15, 0.2) is 170 Å². The maximum Gasteiger partial charge on any atom is 0.161 e. The highest BCUT2D eigenvalue weighted by Crippen LogP contribution is 2.50. The summed E-state index contributed by atoms with van der Waals surface area (Å²) in [7, 11) is 0. The standard InChI is InChI=1S/C49H34N2/c1-49(2)44-21-10-9-19-40(44)43-29-34(24-27-45(43)49)37-25-26-42(39-18-8-7-17-38(37)39)48-50-46(35-23-22-31-12-3-4-14-33(31)28-35)30-47(51-48)41-20-11-15-32-13-5-6-16-36(32)41/h3-30H,1-2H3. The van der Waals surface area contributed by atoms with Crippen molar-refractivity contribution >= 4 is 32.3 Å². The molecule has 0 atom stereocenters. The van der Waals surface area contributed by atoms with Gasteiger partial charge < -0.3 is 0 Å². The summed E-state index contributed by atoms with van der Waals surface area (Å²) in [5.74, 6) is 0.718. The van der Waals surface area contributed by atoms with Crippen LogP contribution in [-0.4, -0.2) is 9.97 Å². The normalized spacial score (nSPS) is 13.1. The molecule has 51 heavy (non-hydrogen) atoms. The molecule has 0 amide bonds. The quantitative estimate of drug-likeness (QED) is 0.189. The molecule has 0 unspecified atom stereocenters. The van der Waals surface area contributed by atoms with E-state index < -0.39 is 0 Å². The highest BCUT2D eigenvalue weighted by molar-refractivity contribution is 6.05. The molecule has 9 aromatic rings. The summed E-state index contributed by atoms with van der Waals surface area (Å²) in [6.07, 6.45) is 0. The summed E-state index contributed by atoms with van der Waals surface area (Å²) >= 11 is 0. The molecule has 0 saturated heterocycles. The van der Waals surface area contributed by atoms with Crippen LogP contribution in [0, 0.1) is 0 Å². The summed E-state index contributed by atoms with van der Waals surface area (Å²) in [6, 6.07) is 61.3. The van der Waals surface area contributed by atoms with Crippen LogP contribution < -0.4 is 0 Å². The van der Waals surface area contributed by atoms with Gasteiger partial charge >= 0.3 is 0 Å². The van der Waals surface area contributed by atoms with Gasteiger partial charge in [0, 0.05) is 22.1 Å². The first-order chi connectivity index (χ1) is 25.0. The Hall–Kier alpha value is -6.38. The molecule has 1 aromatic heterocycles. The smallest absolute Gasteiger partial charge is 0.161 e. The topological polar surface area (TPSA) is 25.8 Å². The number of rotatable bonds is 4. The first-order valence-corrected chi connectivity index (χ1v) is 17.7. The number of hydrogen-bond acceptors (Lipinski definition) is 2. The molecule has 1 aliphatic rings.